The molecule has 1 heterocycles. The maximum Gasteiger partial charge on any atom is 0.257 e. The number of aromatic nitrogens is 1. The Balaban J connectivity index is 2.20. The summed E-state index contributed by atoms with van der Waals surface area (Å²) in [4.78, 5) is 17.7. The van der Waals surface area contributed by atoms with E-state index in [4.69, 9.17) is 0 Å². The number of nitrogens with zero attached hydrogens (tertiary/aromatic N) is 1. The lowest BCUT2D eigenvalue weighted by Gasteiger charge is -2.04. The molecule has 0 spiro atoms. The van der Waals surface area contributed by atoms with Gasteiger partial charge in [0.1, 0.15) is 0 Å². The lowest BCUT2D eigenvalue weighted by atomic mass is 10.1. The van der Waals surface area contributed by atoms with Gasteiger partial charge in [0.25, 0.3) is 5.91 Å². The van der Waals surface area contributed by atoms with E-state index in [1.165, 1.54) is 11.3 Å². The van der Waals surface area contributed by atoms with Crippen LogP contribution >= 0.6 is 27.3 Å². The van der Waals surface area contributed by atoms with Crippen LogP contribution in [0.1, 0.15) is 33.4 Å². The van der Waals surface area contributed by atoms with Gasteiger partial charge in [-0.1, -0.05) is 22.9 Å². The summed E-state index contributed by atoms with van der Waals surface area (Å²) >= 11 is 4.92. The van der Waals surface area contributed by atoms with Gasteiger partial charge in [0.05, 0.1) is 5.69 Å². The fraction of sp³-hybridized carbons (Fsp3) is 0.286. The Morgan fingerprint density at radius 2 is 2.11 bits per heavy atom. The minimum absolute atomic E-state index is 0.124. The molecule has 2 aromatic rings. The zero-order valence-corrected chi connectivity index (χ0v) is 13.5. The molecule has 0 aliphatic rings. The molecule has 0 bridgehead atoms. The van der Waals surface area contributed by atoms with Crippen LogP contribution in [0.3, 0.4) is 0 Å². The highest BCUT2D eigenvalue weighted by atomic mass is 79.9. The molecule has 0 unspecified atom stereocenters. The zero-order chi connectivity index (χ0) is 14.0. The second-order valence-corrected chi connectivity index (χ2v) is 6.47. The Labute approximate surface area is 125 Å². The summed E-state index contributed by atoms with van der Waals surface area (Å²) < 4.78 is 0.905. The summed E-state index contributed by atoms with van der Waals surface area (Å²) in [5.41, 5.74) is 2.73. The Morgan fingerprint density at radius 1 is 1.37 bits per heavy atom. The van der Waals surface area contributed by atoms with Gasteiger partial charge in [0, 0.05) is 14.9 Å². The molecule has 0 fully saturated rings. The number of anilines is 1. The highest BCUT2D eigenvalue weighted by Gasteiger charge is 2.11. The third-order valence-corrected chi connectivity index (χ3v) is 4.14. The maximum atomic E-state index is 12.2. The van der Waals surface area contributed by atoms with Crippen molar-refractivity contribution in [3.8, 4) is 0 Å². The number of carbonyl (C=O) groups excluding carboxylic acids is 1. The number of aryl methyl sites for hydroxylation is 3. The molecule has 0 radical (unpaired) electrons. The van der Waals surface area contributed by atoms with E-state index in [-0.39, 0.29) is 5.91 Å². The van der Waals surface area contributed by atoms with E-state index in [9.17, 15) is 4.79 Å². The summed E-state index contributed by atoms with van der Waals surface area (Å²) in [6.07, 6.45) is 0.883. The van der Waals surface area contributed by atoms with Crippen LogP contribution in [0.5, 0.6) is 0 Å². The highest BCUT2D eigenvalue weighted by Crippen LogP contribution is 2.23. The molecule has 100 valence electrons. The van der Waals surface area contributed by atoms with Crippen LogP contribution in [-0.2, 0) is 6.42 Å². The van der Waals surface area contributed by atoms with Crippen molar-refractivity contribution in [3.63, 3.8) is 0 Å². The number of hydrogen-bond acceptors (Lipinski definition) is 3. The van der Waals surface area contributed by atoms with Crippen LogP contribution in [0.15, 0.2) is 22.7 Å². The van der Waals surface area contributed by atoms with E-state index >= 15 is 0 Å². The van der Waals surface area contributed by atoms with E-state index in [0.717, 1.165) is 27.0 Å². The van der Waals surface area contributed by atoms with Gasteiger partial charge in [0.15, 0.2) is 5.13 Å². The van der Waals surface area contributed by atoms with E-state index in [1.54, 1.807) is 0 Å². The second-order valence-electron chi connectivity index (χ2n) is 4.35. The van der Waals surface area contributed by atoms with Gasteiger partial charge in [-0.3, -0.25) is 10.1 Å². The molecule has 2 rings (SSSR count). The smallest absolute Gasteiger partial charge is 0.257 e. The number of halogens is 1. The minimum Gasteiger partial charge on any atom is -0.298 e. The fourth-order valence-electron chi connectivity index (χ4n) is 1.85. The molecule has 1 aromatic heterocycles. The van der Waals surface area contributed by atoms with Crippen molar-refractivity contribution < 1.29 is 4.79 Å². The lowest BCUT2D eigenvalue weighted by molar-refractivity contribution is 0.102. The van der Waals surface area contributed by atoms with E-state index in [2.05, 4.69) is 33.2 Å². The van der Waals surface area contributed by atoms with E-state index < -0.39 is 0 Å². The molecule has 3 nitrogen and oxygen atoms in total. The Bertz CT molecular complexity index is 602. The average Bonchev–Trinajstić information content (AvgIpc) is 2.68. The summed E-state index contributed by atoms with van der Waals surface area (Å²) in [7, 11) is 0. The van der Waals surface area contributed by atoms with Crippen LogP contribution in [0, 0.1) is 13.8 Å². The van der Waals surface area contributed by atoms with Crippen molar-refractivity contribution in [2.24, 2.45) is 0 Å². The van der Waals surface area contributed by atoms with Gasteiger partial charge in [-0.25, -0.2) is 4.98 Å². The first-order valence-electron chi connectivity index (χ1n) is 6.04. The minimum atomic E-state index is -0.124. The summed E-state index contributed by atoms with van der Waals surface area (Å²) in [5, 5.41) is 3.52. The van der Waals surface area contributed by atoms with Gasteiger partial charge in [-0.05, 0) is 44.0 Å². The third-order valence-electron chi connectivity index (χ3n) is 2.75. The molecular formula is C14H15BrN2OS. The number of hydrogen-bond donors (Lipinski definition) is 1. The van der Waals surface area contributed by atoms with Crippen LogP contribution in [-0.4, -0.2) is 10.9 Å². The summed E-state index contributed by atoms with van der Waals surface area (Å²) in [5.74, 6) is -0.124. The summed E-state index contributed by atoms with van der Waals surface area (Å²) in [6.45, 7) is 6.05. The first-order chi connectivity index (χ1) is 8.99. The largest absolute Gasteiger partial charge is 0.298 e. The third kappa shape index (κ3) is 3.42. The van der Waals surface area contributed by atoms with E-state index in [0.29, 0.717) is 10.7 Å². The molecule has 19 heavy (non-hydrogen) atoms. The van der Waals surface area contributed by atoms with Crippen molar-refractivity contribution in [1.29, 1.82) is 0 Å². The number of benzene rings is 1. The second kappa shape index (κ2) is 5.84. The predicted octanol–water partition coefficient (Wildman–Crippen LogP) is 4.34. The van der Waals surface area contributed by atoms with E-state index in [1.807, 2.05) is 32.0 Å². The zero-order valence-electron chi connectivity index (χ0n) is 11.1. The number of carbonyl (C=O) groups is 1. The molecule has 1 amide bonds. The molecule has 0 atom stereocenters. The van der Waals surface area contributed by atoms with Crippen molar-refractivity contribution >= 4 is 38.3 Å². The number of rotatable bonds is 3. The van der Waals surface area contributed by atoms with Crippen molar-refractivity contribution in [3.05, 3.63) is 44.4 Å². The highest BCUT2D eigenvalue weighted by molar-refractivity contribution is 9.10. The van der Waals surface area contributed by atoms with Crippen molar-refractivity contribution in [2.45, 2.75) is 27.2 Å². The monoisotopic (exact) mass is 338 g/mol. The standard InChI is InChI=1S/C14H15BrN2OS/c1-4-12-9(3)19-14(16-12)17-13(18)10-5-8(2)6-11(15)7-10/h5-7H,4H2,1-3H3,(H,16,17,18). The Morgan fingerprint density at radius 3 is 2.68 bits per heavy atom. The van der Waals surface area contributed by atoms with Crippen molar-refractivity contribution in [2.75, 3.05) is 5.32 Å². The van der Waals surface area contributed by atoms with Crippen LogP contribution in [0.25, 0.3) is 0 Å². The molecule has 1 N–H and O–H groups in total. The molecule has 0 aliphatic heterocycles. The number of thiazole rings is 1. The van der Waals surface area contributed by atoms with Gasteiger partial charge < -0.3 is 0 Å². The molecular weight excluding hydrogens is 324 g/mol. The van der Waals surface area contributed by atoms with Crippen LogP contribution in [0.4, 0.5) is 5.13 Å². The lowest BCUT2D eigenvalue weighted by Crippen LogP contribution is -2.12. The van der Waals surface area contributed by atoms with Crippen LogP contribution in [0.2, 0.25) is 0 Å². The van der Waals surface area contributed by atoms with Gasteiger partial charge in [-0.15, -0.1) is 11.3 Å². The van der Waals surface area contributed by atoms with Gasteiger partial charge in [0.2, 0.25) is 0 Å². The maximum absolute atomic E-state index is 12.2. The first-order valence-corrected chi connectivity index (χ1v) is 7.65. The van der Waals surface area contributed by atoms with Crippen LogP contribution < -0.4 is 5.32 Å². The quantitative estimate of drug-likeness (QED) is 0.904. The SMILES string of the molecule is CCc1nc(NC(=O)c2cc(C)cc(Br)c2)sc1C. The van der Waals surface area contributed by atoms with Gasteiger partial charge in [-0.2, -0.15) is 0 Å². The summed E-state index contributed by atoms with van der Waals surface area (Å²) in [6, 6.07) is 5.64. The first kappa shape index (κ1) is 14.2. The topological polar surface area (TPSA) is 42.0 Å². The fourth-order valence-corrected chi connectivity index (χ4v) is 3.35. The number of nitrogens with one attached hydrogen (secondary N) is 1. The number of amides is 1. The molecule has 1 aromatic carbocycles. The van der Waals surface area contributed by atoms with Crippen molar-refractivity contribution in [1.82, 2.24) is 4.98 Å². The normalized spacial score (nSPS) is 10.5. The Hall–Kier alpha value is -1.20. The molecule has 0 saturated carbocycles. The predicted molar refractivity (Wildman–Crippen MR) is 83.1 cm³/mol. The van der Waals surface area contributed by atoms with Gasteiger partial charge >= 0.3 is 0 Å². The average molecular weight is 339 g/mol. The molecule has 0 saturated heterocycles. The molecule has 5 heteroatoms. The molecule has 0 aliphatic carbocycles. The Kier molecular flexibility index (Phi) is 4.37.